The SMILES string of the molecule is CC/C=C/C/C=C/C/C=C/C/C=C/C/C=C/CCC(=O)OCC(COC(=O)CC/C=C/C/C=C/CCCCCCCC)OC(=O)CCCCCCCCC/C=C/C/C=C/CC. The maximum absolute atomic E-state index is 12.8. The highest BCUT2D eigenvalue weighted by molar-refractivity contribution is 5.71. The molecule has 61 heavy (non-hydrogen) atoms. The molecule has 0 aromatic carbocycles. The summed E-state index contributed by atoms with van der Waals surface area (Å²) in [4.78, 5) is 37.8. The molecule has 1 atom stereocenters. The van der Waals surface area contributed by atoms with Gasteiger partial charge in [-0.1, -0.05) is 194 Å². The first-order chi connectivity index (χ1) is 30.0. The fourth-order valence-corrected chi connectivity index (χ4v) is 6.17. The minimum absolute atomic E-state index is 0.137. The molecule has 6 nitrogen and oxygen atoms in total. The van der Waals surface area contributed by atoms with E-state index in [1.54, 1.807) is 0 Å². The van der Waals surface area contributed by atoms with Gasteiger partial charge in [-0.05, 0) is 96.3 Å². The number of carbonyl (C=O) groups excluding carboxylic acids is 3. The van der Waals surface area contributed by atoms with Crippen molar-refractivity contribution < 1.29 is 28.6 Å². The summed E-state index contributed by atoms with van der Waals surface area (Å²) in [5, 5.41) is 0. The van der Waals surface area contributed by atoms with E-state index in [1.807, 2.05) is 18.2 Å². The Balaban J connectivity index is 4.59. The Labute approximate surface area is 374 Å². The van der Waals surface area contributed by atoms with Gasteiger partial charge >= 0.3 is 17.9 Å². The van der Waals surface area contributed by atoms with Gasteiger partial charge in [0.15, 0.2) is 6.10 Å². The molecule has 0 aromatic rings. The molecule has 344 valence electrons. The second-order valence-electron chi connectivity index (χ2n) is 15.6. The maximum atomic E-state index is 12.8. The lowest BCUT2D eigenvalue weighted by Gasteiger charge is -2.18. The van der Waals surface area contributed by atoms with Crippen molar-refractivity contribution >= 4 is 17.9 Å². The lowest BCUT2D eigenvalue weighted by molar-refractivity contribution is -0.166. The summed E-state index contributed by atoms with van der Waals surface area (Å²) in [5.74, 6) is -1.10. The van der Waals surface area contributed by atoms with Gasteiger partial charge in [-0.3, -0.25) is 14.4 Å². The minimum atomic E-state index is -0.835. The molecule has 0 spiro atoms. The van der Waals surface area contributed by atoms with Crippen LogP contribution in [0.25, 0.3) is 0 Å². The van der Waals surface area contributed by atoms with Gasteiger partial charge in [0.2, 0.25) is 0 Å². The molecule has 0 amide bonds. The normalized spacial score (nSPS) is 13.0. The molecule has 0 aliphatic carbocycles. The molecule has 1 unspecified atom stereocenters. The Kier molecular flexibility index (Phi) is 45.6. The Morgan fingerprint density at radius 3 is 1.07 bits per heavy atom. The summed E-state index contributed by atoms with van der Waals surface area (Å²) in [6.45, 7) is 6.26. The van der Waals surface area contributed by atoms with Crippen LogP contribution >= 0.6 is 0 Å². The van der Waals surface area contributed by atoms with E-state index in [4.69, 9.17) is 14.2 Å². The summed E-state index contributed by atoms with van der Waals surface area (Å²) in [6.07, 6.45) is 65.2. The molecule has 0 bridgehead atoms. The van der Waals surface area contributed by atoms with Crippen molar-refractivity contribution in [2.45, 2.75) is 207 Å². The average molecular weight is 845 g/mol. The number of esters is 3. The first-order valence-corrected chi connectivity index (χ1v) is 24.4. The van der Waals surface area contributed by atoms with Crippen LogP contribution in [0.15, 0.2) is 109 Å². The van der Waals surface area contributed by atoms with Crippen molar-refractivity contribution in [2.24, 2.45) is 0 Å². The first-order valence-electron chi connectivity index (χ1n) is 24.4. The second-order valence-corrected chi connectivity index (χ2v) is 15.6. The van der Waals surface area contributed by atoms with Gasteiger partial charge in [-0.15, -0.1) is 0 Å². The third-order valence-corrected chi connectivity index (χ3v) is 9.77. The standard InChI is InChI=1S/C55H88O6/c1-4-7-10-13-16-19-22-25-27-28-31-33-36-39-42-45-48-54(57)60-51-52(50-59-53(56)47-44-41-38-35-32-29-24-21-18-15-12-9-6-3)61-55(58)49-46-43-40-37-34-30-26-23-20-17-14-11-8-5-2/h7-8,10-11,16-17,19-20,25,27,29,31-33,38-39,41-42,52H,4-6,9,12-15,18,21-24,26,28,30,34-37,40,43-51H2,1-3H3/b10-7+,11-8+,19-16+,20-17+,27-25+,32-29+,33-31+,41-38+,42-39+. The third-order valence-electron chi connectivity index (χ3n) is 9.77. The van der Waals surface area contributed by atoms with E-state index in [-0.39, 0.29) is 50.4 Å². The number of hydrogen-bond donors (Lipinski definition) is 0. The quantitative estimate of drug-likeness (QED) is 0.0264. The Hall–Kier alpha value is -3.93. The van der Waals surface area contributed by atoms with Gasteiger partial charge in [0.05, 0.1) is 0 Å². The number of rotatable bonds is 42. The molecule has 0 aromatic heterocycles. The number of unbranched alkanes of at least 4 members (excludes halogenated alkanes) is 13. The lowest BCUT2D eigenvalue weighted by atomic mass is 10.1. The summed E-state index contributed by atoms with van der Waals surface area (Å²) >= 11 is 0. The van der Waals surface area contributed by atoms with Crippen LogP contribution < -0.4 is 0 Å². The van der Waals surface area contributed by atoms with Crippen LogP contribution in [0.3, 0.4) is 0 Å². The molecule has 0 fully saturated rings. The van der Waals surface area contributed by atoms with E-state index in [0.29, 0.717) is 12.8 Å². The first kappa shape index (κ1) is 57.1. The molecule has 0 saturated heterocycles. The average Bonchev–Trinajstić information content (AvgIpc) is 3.26. The highest BCUT2D eigenvalue weighted by Crippen LogP contribution is 2.12. The maximum Gasteiger partial charge on any atom is 0.306 e. The highest BCUT2D eigenvalue weighted by atomic mass is 16.6. The van der Waals surface area contributed by atoms with Crippen LogP contribution in [0.4, 0.5) is 0 Å². The third kappa shape index (κ3) is 47.0. The molecular formula is C55H88O6. The largest absolute Gasteiger partial charge is 0.462 e. The van der Waals surface area contributed by atoms with Crippen molar-refractivity contribution in [3.63, 3.8) is 0 Å². The number of ether oxygens (including phenoxy) is 3. The summed E-state index contributed by atoms with van der Waals surface area (Å²) in [7, 11) is 0. The smallest absolute Gasteiger partial charge is 0.306 e. The van der Waals surface area contributed by atoms with Crippen LogP contribution in [-0.4, -0.2) is 37.2 Å². The molecule has 0 radical (unpaired) electrons. The van der Waals surface area contributed by atoms with Crippen LogP contribution in [-0.2, 0) is 28.6 Å². The van der Waals surface area contributed by atoms with Crippen LogP contribution in [0, 0.1) is 0 Å². The molecule has 0 N–H and O–H groups in total. The monoisotopic (exact) mass is 845 g/mol. The summed E-state index contributed by atoms with van der Waals surface area (Å²) < 4.78 is 16.6. The van der Waals surface area contributed by atoms with Crippen LogP contribution in [0.2, 0.25) is 0 Å². The Bertz CT molecular complexity index is 1290. The molecule has 0 aliphatic heterocycles. The van der Waals surface area contributed by atoms with E-state index in [2.05, 4.69) is 112 Å². The molecule has 6 heteroatoms. The molecule has 0 rings (SSSR count). The lowest BCUT2D eigenvalue weighted by Crippen LogP contribution is -2.30. The van der Waals surface area contributed by atoms with Crippen molar-refractivity contribution in [2.75, 3.05) is 13.2 Å². The van der Waals surface area contributed by atoms with Crippen LogP contribution in [0.1, 0.15) is 201 Å². The van der Waals surface area contributed by atoms with E-state index in [1.165, 1.54) is 57.8 Å². The van der Waals surface area contributed by atoms with E-state index >= 15 is 0 Å². The topological polar surface area (TPSA) is 78.9 Å². The second kappa shape index (κ2) is 48.7. The molecule has 0 saturated carbocycles. The number of hydrogen-bond acceptors (Lipinski definition) is 6. The number of carbonyl (C=O) groups is 3. The fraction of sp³-hybridized carbons (Fsp3) is 0.618. The van der Waals surface area contributed by atoms with Crippen molar-refractivity contribution in [3.05, 3.63) is 109 Å². The zero-order chi connectivity index (χ0) is 44.4. The van der Waals surface area contributed by atoms with Crippen molar-refractivity contribution in [1.82, 2.24) is 0 Å². The zero-order valence-corrected chi connectivity index (χ0v) is 39.1. The van der Waals surface area contributed by atoms with E-state index in [9.17, 15) is 14.4 Å². The molecule has 0 heterocycles. The Morgan fingerprint density at radius 2 is 0.672 bits per heavy atom. The van der Waals surface area contributed by atoms with Gasteiger partial charge in [-0.25, -0.2) is 0 Å². The summed E-state index contributed by atoms with van der Waals surface area (Å²) in [5.41, 5.74) is 0. The van der Waals surface area contributed by atoms with Gasteiger partial charge in [0.25, 0.3) is 0 Å². The predicted molar refractivity (Wildman–Crippen MR) is 260 cm³/mol. The van der Waals surface area contributed by atoms with Crippen molar-refractivity contribution in [1.29, 1.82) is 0 Å². The van der Waals surface area contributed by atoms with E-state index in [0.717, 1.165) is 89.9 Å². The predicted octanol–water partition coefficient (Wildman–Crippen LogP) is 16.0. The van der Waals surface area contributed by atoms with Gasteiger partial charge < -0.3 is 14.2 Å². The molecular weight excluding hydrogens is 757 g/mol. The van der Waals surface area contributed by atoms with E-state index < -0.39 is 6.10 Å². The van der Waals surface area contributed by atoms with Gasteiger partial charge in [0, 0.05) is 19.3 Å². The van der Waals surface area contributed by atoms with Crippen LogP contribution in [0.5, 0.6) is 0 Å². The minimum Gasteiger partial charge on any atom is -0.462 e. The molecule has 0 aliphatic rings. The summed E-state index contributed by atoms with van der Waals surface area (Å²) in [6, 6.07) is 0. The van der Waals surface area contributed by atoms with Gasteiger partial charge in [-0.2, -0.15) is 0 Å². The fourth-order valence-electron chi connectivity index (χ4n) is 6.17. The highest BCUT2D eigenvalue weighted by Gasteiger charge is 2.19. The van der Waals surface area contributed by atoms with Gasteiger partial charge in [0.1, 0.15) is 13.2 Å². The zero-order valence-electron chi connectivity index (χ0n) is 39.1. The Morgan fingerprint density at radius 1 is 0.344 bits per heavy atom. The number of allylic oxidation sites excluding steroid dienone is 18. The van der Waals surface area contributed by atoms with Crippen molar-refractivity contribution in [3.8, 4) is 0 Å².